The summed E-state index contributed by atoms with van der Waals surface area (Å²) in [6, 6.07) is 0.316. The van der Waals surface area contributed by atoms with Gasteiger partial charge >= 0.3 is 5.97 Å². The van der Waals surface area contributed by atoms with Gasteiger partial charge in [0.05, 0.1) is 6.54 Å². The van der Waals surface area contributed by atoms with Crippen molar-refractivity contribution in [3.63, 3.8) is 0 Å². The van der Waals surface area contributed by atoms with Crippen molar-refractivity contribution in [2.45, 2.75) is 32.7 Å². The van der Waals surface area contributed by atoms with Crippen LogP contribution in [-0.2, 0) is 4.79 Å². The van der Waals surface area contributed by atoms with Gasteiger partial charge in [-0.2, -0.15) is 0 Å². The Morgan fingerprint density at radius 3 is 2.53 bits per heavy atom. The van der Waals surface area contributed by atoms with Gasteiger partial charge in [0.2, 0.25) is 0 Å². The van der Waals surface area contributed by atoms with Crippen molar-refractivity contribution in [1.82, 2.24) is 10.2 Å². The van der Waals surface area contributed by atoms with Crippen molar-refractivity contribution in [3.8, 4) is 0 Å². The zero-order chi connectivity index (χ0) is 11.3. The summed E-state index contributed by atoms with van der Waals surface area (Å²) in [7, 11) is 0. The second-order valence-electron chi connectivity index (χ2n) is 4.61. The predicted octanol–water partition coefficient (Wildman–Crippen LogP) is 0.781. The molecule has 0 amide bonds. The molecule has 0 bridgehead atoms. The van der Waals surface area contributed by atoms with E-state index in [2.05, 4.69) is 24.1 Å². The van der Waals surface area contributed by atoms with Gasteiger partial charge in [-0.3, -0.25) is 9.69 Å². The van der Waals surface area contributed by atoms with E-state index in [1.807, 2.05) is 0 Å². The molecule has 0 spiro atoms. The molecule has 0 saturated carbocycles. The molecule has 0 aromatic heterocycles. The predicted molar refractivity (Wildman–Crippen MR) is 59.9 cm³/mol. The molecule has 1 fully saturated rings. The maximum atomic E-state index is 10.7. The monoisotopic (exact) mass is 214 g/mol. The fraction of sp³-hybridized carbons (Fsp3) is 0.909. The van der Waals surface area contributed by atoms with E-state index >= 15 is 0 Å². The Hall–Kier alpha value is -0.610. The molecule has 1 aliphatic rings. The fourth-order valence-electron chi connectivity index (χ4n) is 2.03. The second kappa shape index (κ2) is 6.08. The lowest BCUT2D eigenvalue weighted by Crippen LogP contribution is -2.41. The summed E-state index contributed by atoms with van der Waals surface area (Å²) in [5.41, 5.74) is 0. The molecule has 1 rings (SSSR count). The highest BCUT2D eigenvalue weighted by Gasteiger charge is 2.20. The van der Waals surface area contributed by atoms with Gasteiger partial charge in [-0.1, -0.05) is 0 Å². The molecular formula is C11H22N2O2. The Morgan fingerprint density at radius 2 is 2.07 bits per heavy atom. The van der Waals surface area contributed by atoms with Gasteiger partial charge in [0.25, 0.3) is 0 Å². The summed E-state index contributed by atoms with van der Waals surface area (Å²) < 4.78 is 0. The van der Waals surface area contributed by atoms with Crippen molar-refractivity contribution >= 4 is 5.97 Å². The average Bonchev–Trinajstić information content (AvgIpc) is 2.17. The first-order valence-electron chi connectivity index (χ1n) is 5.76. The van der Waals surface area contributed by atoms with E-state index in [0.717, 1.165) is 19.6 Å². The van der Waals surface area contributed by atoms with E-state index in [4.69, 9.17) is 5.11 Å². The molecule has 15 heavy (non-hydrogen) atoms. The largest absolute Gasteiger partial charge is 0.480 e. The maximum absolute atomic E-state index is 10.7. The molecule has 0 aliphatic carbocycles. The molecule has 1 saturated heterocycles. The summed E-state index contributed by atoms with van der Waals surface area (Å²) in [5.74, 6) is -0.0642. The number of carboxylic acid groups (broad SMARTS) is 1. The van der Waals surface area contributed by atoms with E-state index in [1.54, 1.807) is 0 Å². The molecule has 4 heteroatoms. The van der Waals surface area contributed by atoms with Crippen molar-refractivity contribution < 1.29 is 9.90 Å². The number of hydrogen-bond acceptors (Lipinski definition) is 3. The van der Waals surface area contributed by atoms with Gasteiger partial charge < -0.3 is 10.4 Å². The van der Waals surface area contributed by atoms with Gasteiger partial charge in [-0.25, -0.2) is 0 Å². The van der Waals surface area contributed by atoms with Crippen LogP contribution in [0.2, 0.25) is 0 Å². The van der Waals surface area contributed by atoms with Crippen LogP contribution in [0.15, 0.2) is 0 Å². The number of hydrogen-bond donors (Lipinski definition) is 2. The van der Waals surface area contributed by atoms with E-state index in [0.29, 0.717) is 12.0 Å². The van der Waals surface area contributed by atoms with Crippen LogP contribution < -0.4 is 5.32 Å². The number of nitrogens with zero attached hydrogens (tertiary/aromatic N) is 1. The summed E-state index contributed by atoms with van der Waals surface area (Å²) in [6.07, 6.45) is 2.34. The Kier molecular flexibility index (Phi) is 5.05. The van der Waals surface area contributed by atoms with Crippen molar-refractivity contribution in [1.29, 1.82) is 0 Å². The van der Waals surface area contributed by atoms with Crippen LogP contribution in [0.1, 0.15) is 26.7 Å². The molecule has 0 unspecified atom stereocenters. The first-order chi connectivity index (χ1) is 7.09. The average molecular weight is 214 g/mol. The second-order valence-corrected chi connectivity index (χ2v) is 4.61. The van der Waals surface area contributed by atoms with Crippen molar-refractivity contribution in [2.75, 3.05) is 26.2 Å². The van der Waals surface area contributed by atoms with E-state index < -0.39 is 5.97 Å². The molecule has 1 aliphatic heterocycles. The Labute approximate surface area is 91.6 Å². The third kappa shape index (κ3) is 4.62. The Balaban J connectivity index is 2.38. The molecule has 1 heterocycles. The van der Waals surface area contributed by atoms with E-state index in [1.165, 1.54) is 12.8 Å². The van der Waals surface area contributed by atoms with E-state index in [-0.39, 0.29) is 6.54 Å². The maximum Gasteiger partial charge on any atom is 0.317 e. The van der Waals surface area contributed by atoms with Gasteiger partial charge in [-0.15, -0.1) is 0 Å². The Morgan fingerprint density at radius 1 is 1.47 bits per heavy atom. The lowest BCUT2D eigenvalue weighted by atomic mass is 9.97. The molecular weight excluding hydrogens is 192 g/mol. The standard InChI is InChI=1S/C11H22N2O2/c1-9(2)13(8-11(14)15)7-10-3-5-12-6-4-10/h9-10,12H,3-8H2,1-2H3,(H,14,15). The number of carboxylic acids is 1. The highest BCUT2D eigenvalue weighted by Crippen LogP contribution is 2.14. The van der Waals surface area contributed by atoms with Crippen LogP contribution in [0, 0.1) is 5.92 Å². The lowest BCUT2D eigenvalue weighted by molar-refractivity contribution is -0.139. The third-order valence-corrected chi connectivity index (χ3v) is 3.02. The van der Waals surface area contributed by atoms with Crippen LogP contribution in [0.4, 0.5) is 0 Å². The minimum atomic E-state index is -0.724. The number of aliphatic carboxylic acids is 1. The minimum absolute atomic E-state index is 0.168. The SMILES string of the molecule is CC(C)N(CC(=O)O)CC1CCNCC1. The Bertz CT molecular complexity index is 201. The minimum Gasteiger partial charge on any atom is -0.480 e. The molecule has 0 atom stereocenters. The van der Waals surface area contributed by atoms with Gasteiger partial charge in [0, 0.05) is 12.6 Å². The first-order valence-corrected chi connectivity index (χ1v) is 5.76. The van der Waals surface area contributed by atoms with Crippen LogP contribution in [-0.4, -0.2) is 48.2 Å². The summed E-state index contributed by atoms with van der Waals surface area (Å²) in [4.78, 5) is 12.8. The summed E-state index contributed by atoms with van der Waals surface area (Å²) in [5, 5.41) is 12.1. The van der Waals surface area contributed by atoms with E-state index in [9.17, 15) is 4.79 Å². The van der Waals surface area contributed by atoms with Gasteiger partial charge in [0.15, 0.2) is 0 Å². The van der Waals surface area contributed by atoms with Crippen LogP contribution in [0.25, 0.3) is 0 Å². The molecule has 0 aromatic carbocycles. The normalized spacial score (nSPS) is 18.7. The van der Waals surface area contributed by atoms with Gasteiger partial charge in [-0.05, 0) is 45.7 Å². The molecule has 0 aromatic rings. The highest BCUT2D eigenvalue weighted by atomic mass is 16.4. The van der Waals surface area contributed by atoms with Crippen LogP contribution in [0.3, 0.4) is 0 Å². The van der Waals surface area contributed by atoms with Gasteiger partial charge in [0.1, 0.15) is 0 Å². The zero-order valence-corrected chi connectivity index (χ0v) is 9.70. The first kappa shape index (κ1) is 12.5. The summed E-state index contributed by atoms with van der Waals surface area (Å²) in [6.45, 7) is 7.36. The quantitative estimate of drug-likeness (QED) is 0.710. The number of piperidine rings is 1. The molecule has 0 radical (unpaired) electrons. The lowest BCUT2D eigenvalue weighted by Gasteiger charge is -2.31. The van der Waals surface area contributed by atoms with Crippen molar-refractivity contribution in [2.24, 2.45) is 5.92 Å². The van der Waals surface area contributed by atoms with Crippen LogP contribution in [0.5, 0.6) is 0 Å². The summed E-state index contributed by atoms with van der Waals surface area (Å²) >= 11 is 0. The molecule has 88 valence electrons. The van der Waals surface area contributed by atoms with Crippen LogP contribution >= 0.6 is 0 Å². The zero-order valence-electron chi connectivity index (χ0n) is 9.70. The van der Waals surface area contributed by atoms with Crippen molar-refractivity contribution in [3.05, 3.63) is 0 Å². The number of nitrogens with one attached hydrogen (secondary N) is 1. The smallest absolute Gasteiger partial charge is 0.317 e. The number of carbonyl (C=O) groups is 1. The highest BCUT2D eigenvalue weighted by molar-refractivity contribution is 5.69. The number of rotatable bonds is 5. The topological polar surface area (TPSA) is 52.6 Å². The molecule has 4 nitrogen and oxygen atoms in total. The third-order valence-electron chi connectivity index (χ3n) is 3.02. The molecule has 2 N–H and O–H groups in total. The fourth-order valence-corrected chi connectivity index (χ4v) is 2.03.